The van der Waals surface area contributed by atoms with Crippen molar-refractivity contribution >= 4 is 6.29 Å². The highest BCUT2D eigenvalue weighted by molar-refractivity contribution is 5.56. The third kappa shape index (κ3) is 2.38. The molecule has 86 valence electrons. The first-order chi connectivity index (χ1) is 7.26. The maximum absolute atomic E-state index is 10.6. The number of rotatable bonds is 2. The number of hydrogen-bond acceptors (Lipinski definition) is 4. The molecule has 2 heterocycles. The molecule has 2 fully saturated rings. The summed E-state index contributed by atoms with van der Waals surface area (Å²) >= 11 is 0. The van der Waals surface area contributed by atoms with E-state index in [1.807, 2.05) is 0 Å². The Hall–Kier alpha value is -0.450. The molecule has 0 radical (unpaired) electrons. The third-order valence-corrected chi connectivity index (χ3v) is 3.56. The van der Waals surface area contributed by atoms with Gasteiger partial charge in [-0.3, -0.25) is 0 Å². The molecule has 15 heavy (non-hydrogen) atoms. The monoisotopic (exact) mass is 214 g/mol. The molecule has 0 aromatic heterocycles. The van der Waals surface area contributed by atoms with Crippen molar-refractivity contribution in [3.63, 3.8) is 0 Å². The van der Waals surface area contributed by atoms with E-state index in [0.29, 0.717) is 12.9 Å². The molecule has 0 amide bonds. The van der Waals surface area contributed by atoms with Gasteiger partial charge in [0, 0.05) is 19.8 Å². The zero-order valence-electron chi connectivity index (χ0n) is 8.85. The Labute approximate surface area is 89.6 Å². The van der Waals surface area contributed by atoms with Crippen LogP contribution in [0.1, 0.15) is 25.7 Å². The molecule has 0 saturated carbocycles. The van der Waals surface area contributed by atoms with Gasteiger partial charge in [0.05, 0.1) is 5.60 Å². The Balaban J connectivity index is 1.98. The van der Waals surface area contributed by atoms with Crippen LogP contribution in [0.15, 0.2) is 0 Å². The highest BCUT2D eigenvalue weighted by Gasteiger charge is 2.40. The third-order valence-electron chi connectivity index (χ3n) is 3.56. The van der Waals surface area contributed by atoms with Gasteiger partial charge in [0.15, 0.2) is 0 Å². The summed E-state index contributed by atoms with van der Waals surface area (Å²) in [6, 6.07) is 0. The molecule has 2 saturated heterocycles. The summed E-state index contributed by atoms with van der Waals surface area (Å²) in [7, 11) is 0. The van der Waals surface area contributed by atoms with Crippen LogP contribution in [0.4, 0.5) is 0 Å². The van der Waals surface area contributed by atoms with Gasteiger partial charge in [0.25, 0.3) is 0 Å². The summed E-state index contributed by atoms with van der Waals surface area (Å²) in [6.07, 6.45) is 3.15. The van der Waals surface area contributed by atoms with Crippen LogP contribution in [-0.2, 0) is 14.3 Å². The Morgan fingerprint density at radius 3 is 2.73 bits per heavy atom. The van der Waals surface area contributed by atoms with Gasteiger partial charge in [-0.1, -0.05) is 0 Å². The first-order valence-electron chi connectivity index (χ1n) is 5.61. The van der Waals surface area contributed by atoms with E-state index < -0.39 is 6.10 Å². The van der Waals surface area contributed by atoms with Crippen molar-refractivity contribution in [3.05, 3.63) is 0 Å². The molecule has 4 nitrogen and oxygen atoms in total. The highest BCUT2D eigenvalue weighted by Crippen LogP contribution is 2.37. The number of hydrogen-bond donors (Lipinski definition) is 1. The van der Waals surface area contributed by atoms with E-state index in [-0.39, 0.29) is 11.5 Å². The fraction of sp³-hybridized carbons (Fsp3) is 0.909. The van der Waals surface area contributed by atoms with Crippen LogP contribution in [-0.4, -0.2) is 42.9 Å². The Morgan fingerprint density at radius 2 is 2.07 bits per heavy atom. The van der Waals surface area contributed by atoms with Crippen molar-refractivity contribution in [2.45, 2.75) is 37.4 Å². The van der Waals surface area contributed by atoms with E-state index in [4.69, 9.17) is 9.47 Å². The molecule has 4 heteroatoms. The lowest BCUT2D eigenvalue weighted by Gasteiger charge is -2.43. The van der Waals surface area contributed by atoms with Crippen molar-refractivity contribution in [1.82, 2.24) is 0 Å². The minimum atomic E-state index is -0.825. The largest absolute Gasteiger partial charge is 0.385 e. The molecule has 0 aliphatic carbocycles. The Morgan fingerprint density at radius 1 is 1.33 bits per heavy atom. The number of aliphatic hydroxyl groups excluding tert-OH is 1. The molecule has 2 aliphatic heterocycles. The maximum atomic E-state index is 10.6. The number of aliphatic hydroxyl groups is 1. The van der Waals surface area contributed by atoms with Crippen LogP contribution in [0, 0.1) is 5.92 Å². The Kier molecular flexibility index (Phi) is 3.38. The van der Waals surface area contributed by atoms with Gasteiger partial charge < -0.3 is 19.4 Å². The minimum Gasteiger partial charge on any atom is -0.385 e. The molecule has 1 N–H and O–H groups in total. The smallest absolute Gasteiger partial charge is 0.148 e. The second-order valence-corrected chi connectivity index (χ2v) is 4.52. The van der Waals surface area contributed by atoms with Crippen LogP contribution in [0.5, 0.6) is 0 Å². The quantitative estimate of drug-likeness (QED) is 0.681. The predicted octanol–water partition coefficient (Wildman–Crippen LogP) is 0.522. The van der Waals surface area contributed by atoms with Crippen molar-refractivity contribution < 1.29 is 19.4 Å². The maximum Gasteiger partial charge on any atom is 0.148 e. The van der Waals surface area contributed by atoms with Crippen LogP contribution >= 0.6 is 0 Å². The first-order valence-corrected chi connectivity index (χ1v) is 5.61. The molecule has 2 rings (SSSR count). The second kappa shape index (κ2) is 4.60. The van der Waals surface area contributed by atoms with Crippen molar-refractivity contribution in [3.8, 4) is 0 Å². The normalized spacial score (nSPS) is 32.5. The molecule has 2 aliphatic rings. The zero-order valence-corrected chi connectivity index (χ0v) is 8.85. The minimum absolute atomic E-state index is 0.0642. The molecule has 0 bridgehead atoms. The summed E-state index contributed by atoms with van der Waals surface area (Å²) < 4.78 is 11.1. The molecule has 1 spiro atoms. The highest BCUT2D eigenvalue weighted by atomic mass is 16.5. The second-order valence-electron chi connectivity index (χ2n) is 4.52. The van der Waals surface area contributed by atoms with Crippen molar-refractivity contribution in [2.24, 2.45) is 5.92 Å². The average molecular weight is 214 g/mol. The molecular weight excluding hydrogens is 196 g/mol. The lowest BCUT2D eigenvalue weighted by molar-refractivity contribution is -0.159. The first kappa shape index (κ1) is 11.0. The topological polar surface area (TPSA) is 55.8 Å². The number of ether oxygens (including phenoxy) is 2. The summed E-state index contributed by atoms with van der Waals surface area (Å²) in [5.74, 6) is 0.0642. The summed E-state index contributed by atoms with van der Waals surface area (Å²) in [4.78, 5) is 10.6. The zero-order chi connectivity index (χ0) is 10.7. The van der Waals surface area contributed by atoms with Gasteiger partial charge in [0.1, 0.15) is 12.4 Å². The molecular formula is C11H18O4. The van der Waals surface area contributed by atoms with Crippen LogP contribution in [0.25, 0.3) is 0 Å². The van der Waals surface area contributed by atoms with Crippen LogP contribution in [0.2, 0.25) is 0 Å². The average Bonchev–Trinajstić information content (AvgIpc) is 2.29. The van der Waals surface area contributed by atoms with E-state index in [1.54, 1.807) is 0 Å². The van der Waals surface area contributed by atoms with Gasteiger partial charge in [-0.2, -0.15) is 0 Å². The predicted molar refractivity (Wildman–Crippen MR) is 53.5 cm³/mol. The molecule has 2 unspecified atom stereocenters. The number of carbonyl (C=O) groups is 1. The summed E-state index contributed by atoms with van der Waals surface area (Å²) in [5, 5.41) is 9.54. The van der Waals surface area contributed by atoms with E-state index in [1.165, 1.54) is 0 Å². The molecule has 0 aromatic rings. The van der Waals surface area contributed by atoms with Crippen LogP contribution in [0.3, 0.4) is 0 Å². The Bertz CT molecular complexity index is 217. The molecule has 2 atom stereocenters. The van der Waals surface area contributed by atoms with Gasteiger partial charge in [0.2, 0.25) is 0 Å². The van der Waals surface area contributed by atoms with Gasteiger partial charge in [-0.05, 0) is 31.6 Å². The molecule has 0 aromatic carbocycles. The van der Waals surface area contributed by atoms with Crippen molar-refractivity contribution in [2.75, 3.05) is 19.8 Å². The van der Waals surface area contributed by atoms with E-state index in [0.717, 1.165) is 38.9 Å². The summed E-state index contributed by atoms with van der Waals surface area (Å²) in [6.45, 7) is 2.10. The van der Waals surface area contributed by atoms with E-state index >= 15 is 0 Å². The van der Waals surface area contributed by atoms with Gasteiger partial charge in [-0.15, -0.1) is 0 Å². The number of aldehydes is 1. The lowest BCUT2D eigenvalue weighted by atomic mass is 9.79. The summed E-state index contributed by atoms with van der Waals surface area (Å²) in [5.41, 5.74) is -0.134. The van der Waals surface area contributed by atoms with Gasteiger partial charge >= 0.3 is 0 Å². The SMILES string of the molecule is O=CC(O)C1CCOC2(CCOCC2)C1. The standard InChI is InChI=1S/C11H18O4/c12-8-10(13)9-1-4-15-11(7-9)2-5-14-6-3-11/h8-10,13H,1-7H2. The van der Waals surface area contributed by atoms with E-state index in [9.17, 15) is 9.90 Å². The number of carbonyl (C=O) groups excluding carboxylic acids is 1. The van der Waals surface area contributed by atoms with E-state index in [2.05, 4.69) is 0 Å². The van der Waals surface area contributed by atoms with Gasteiger partial charge in [-0.25, -0.2) is 0 Å². The lowest BCUT2D eigenvalue weighted by Crippen LogP contribution is -2.46. The fourth-order valence-electron chi connectivity index (χ4n) is 2.56. The fourth-order valence-corrected chi connectivity index (χ4v) is 2.56. The van der Waals surface area contributed by atoms with Crippen molar-refractivity contribution in [1.29, 1.82) is 0 Å². The van der Waals surface area contributed by atoms with Crippen LogP contribution < -0.4 is 0 Å².